The largest absolute Gasteiger partial charge is 0.478 e. The maximum Gasteiger partial charge on any atom is 0.335 e. The van der Waals surface area contributed by atoms with Gasteiger partial charge in [-0.3, -0.25) is 9.89 Å². The molecule has 1 heterocycles. The minimum absolute atomic E-state index is 0.0137. The molecule has 1 aromatic heterocycles. The fraction of sp³-hybridized carbons (Fsp3) is 0.261. The van der Waals surface area contributed by atoms with Gasteiger partial charge in [0, 0.05) is 31.3 Å². The number of hydrogen-bond donors (Lipinski definition) is 2. The summed E-state index contributed by atoms with van der Waals surface area (Å²) in [7, 11) is 1.79. The molecule has 0 bridgehead atoms. The molecule has 0 aliphatic carbocycles. The van der Waals surface area contributed by atoms with Crippen molar-refractivity contribution in [2.45, 2.75) is 25.7 Å². The highest BCUT2D eigenvalue weighted by Gasteiger charge is 2.13. The van der Waals surface area contributed by atoms with E-state index >= 15 is 0 Å². The molecule has 29 heavy (non-hydrogen) atoms. The first-order valence-electron chi connectivity index (χ1n) is 9.69. The number of aromatic carboxylic acids is 1. The predicted octanol–water partition coefficient (Wildman–Crippen LogP) is 3.80. The van der Waals surface area contributed by atoms with Crippen LogP contribution >= 0.6 is 0 Å². The van der Waals surface area contributed by atoms with Crippen molar-refractivity contribution in [1.29, 1.82) is 0 Å². The summed E-state index contributed by atoms with van der Waals surface area (Å²) < 4.78 is 0. The third-order valence-corrected chi connectivity index (χ3v) is 4.92. The third-order valence-electron chi connectivity index (χ3n) is 4.92. The number of nitrogens with one attached hydrogen (secondary N) is 1. The van der Waals surface area contributed by atoms with Crippen molar-refractivity contribution in [2.75, 3.05) is 13.6 Å². The van der Waals surface area contributed by atoms with Gasteiger partial charge in [0.05, 0.1) is 11.3 Å². The molecular formula is C23H25N3O3. The molecule has 0 unspecified atom stereocenters. The lowest BCUT2D eigenvalue weighted by Crippen LogP contribution is -2.28. The number of carbonyl (C=O) groups is 2. The Balaban J connectivity index is 1.45. The summed E-state index contributed by atoms with van der Waals surface area (Å²) in [5.74, 6) is -0.949. The minimum Gasteiger partial charge on any atom is -0.478 e. The van der Waals surface area contributed by atoms with Gasteiger partial charge in [0.1, 0.15) is 0 Å². The average Bonchev–Trinajstić information content (AvgIpc) is 3.21. The van der Waals surface area contributed by atoms with E-state index in [1.807, 2.05) is 36.4 Å². The minimum atomic E-state index is -0.962. The Morgan fingerprint density at radius 1 is 1.03 bits per heavy atom. The number of H-pyrrole nitrogens is 1. The zero-order valence-electron chi connectivity index (χ0n) is 16.5. The summed E-state index contributed by atoms with van der Waals surface area (Å²) in [5, 5.41) is 16.6. The number of rotatable bonds is 9. The number of aromatic nitrogens is 2. The van der Waals surface area contributed by atoms with Gasteiger partial charge in [-0.15, -0.1) is 0 Å². The Hall–Kier alpha value is -3.41. The maximum absolute atomic E-state index is 12.4. The molecule has 0 saturated heterocycles. The van der Waals surface area contributed by atoms with Crippen LogP contribution in [0.2, 0.25) is 0 Å². The Morgan fingerprint density at radius 3 is 2.52 bits per heavy atom. The predicted molar refractivity (Wildman–Crippen MR) is 112 cm³/mol. The van der Waals surface area contributed by atoms with Crippen molar-refractivity contribution in [1.82, 2.24) is 15.1 Å². The van der Waals surface area contributed by atoms with Gasteiger partial charge in [-0.05, 0) is 37.0 Å². The normalized spacial score (nSPS) is 10.7. The van der Waals surface area contributed by atoms with Gasteiger partial charge in [-0.2, -0.15) is 5.10 Å². The first-order valence-corrected chi connectivity index (χ1v) is 9.69. The molecule has 0 aliphatic heterocycles. The van der Waals surface area contributed by atoms with Gasteiger partial charge in [0.25, 0.3) is 0 Å². The molecule has 6 nitrogen and oxygen atoms in total. The van der Waals surface area contributed by atoms with Crippen LogP contribution in [-0.4, -0.2) is 45.7 Å². The Labute approximate surface area is 170 Å². The fourth-order valence-corrected chi connectivity index (χ4v) is 3.26. The first kappa shape index (κ1) is 20.3. The quantitative estimate of drug-likeness (QED) is 0.581. The Morgan fingerprint density at radius 2 is 1.76 bits per heavy atom. The highest BCUT2D eigenvalue weighted by molar-refractivity contribution is 5.89. The van der Waals surface area contributed by atoms with Crippen LogP contribution in [0.1, 0.15) is 34.5 Å². The van der Waals surface area contributed by atoms with Crippen molar-refractivity contribution in [2.24, 2.45) is 0 Å². The second kappa shape index (κ2) is 9.68. The third kappa shape index (κ3) is 5.54. The lowest BCUT2D eigenvalue weighted by atomic mass is 10.0. The van der Waals surface area contributed by atoms with Crippen molar-refractivity contribution in [3.05, 3.63) is 77.5 Å². The van der Waals surface area contributed by atoms with E-state index in [2.05, 4.69) is 10.2 Å². The van der Waals surface area contributed by atoms with Gasteiger partial charge < -0.3 is 10.0 Å². The van der Waals surface area contributed by atoms with E-state index in [1.165, 1.54) is 0 Å². The average molecular weight is 391 g/mol. The lowest BCUT2D eigenvalue weighted by molar-refractivity contribution is -0.129. The van der Waals surface area contributed by atoms with E-state index in [9.17, 15) is 14.7 Å². The van der Waals surface area contributed by atoms with E-state index in [0.717, 1.165) is 29.8 Å². The number of carboxylic acid groups (broad SMARTS) is 1. The Bertz CT molecular complexity index is 966. The molecule has 6 heteroatoms. The SMILES string of the molecule is CN(CCCc1cc(-c2ccccc2)n[nH]1)C(=O)CCc1ccccc1C(=O)O. The van der Waals surface area contributed by atoms with Crippen LogP contribution in [-0.2, 0) is 17.6 Å². The highest BCUT2D eigenvalue weighted by Crippen LogP contribution is 2.17. The number of hydrogen-bond acceptors (Lipinski definition) is 3. The summed E-state index contributed by atoms with van der Waals surface area (Å²) in [6.45, 7) is 0.638. The number of aromatic amines is 1. The van der Waals surface area contributed by atoms with Gasteiger partial charge in [-0.1, -0.05) is 48.5 Å². The van der Waals surface area contributed by atoms with Crippen LogP contribution in [0.25, 0.3) is 11.3 Å². The zero-order chi connectivity index (χ0) is 20.6. The molecule has 0 radical (unpaired) electrons. The second-order valence-electron chi connectivity index (χ2n) is 7.03. The van der Waals surface area contributed by atoms with Gasteiger partial charge in [-0.25, -0.2) is 4.79 Å². The molecule has 3 rings (SSSR count). The topological polar surface area (TPSA) is 86.3 Å². The monoisotopic (exact) mass is 391 g/mol. The van der Waals surface area contributed by atoms with Gasteiger partial charge >= 0.3 is 5.97 Å². The van der Waals surface area contributed by atoms with Crippen LogP contribution in [0.15, 0.2) is 60.7 Å². The number of aryl methyl sites for hydroxylation is 2. The van der Waals surface area contributed by atoms with Crippen molar-refractivity contribution in [3.63, 3.8) is 0 Å². The number of nitrogens with zero attached hydrogens (tertiary/aromatic N) is 2. The number of amides is 1. The molecule has 1 amide bonds. The van der Waals surface area contributed by atoms with Crippen molar-refractivity contribution < 1.29 is 14.7 Å². The van der Waals surface area contributed by atoms with E-state index < -0.39 is 5.97 Å². The molecule has 0 fully saturated rings. The van der Waals surface area contributed by atoms with Crippen LogP contribution < -0.4 is 0 Å². The van der Waals surface area contributed by atoms with Gasteiger partial charge in [0.2, 0.25) is 5.91 Å². The maximum atomic E-state index is 12.4. The summed E-state index contributed by atoms with van der Waals surface area (Å²) >= 11 is 0. The molecule has 0 atom stereocenters. The van der Waals surface area contributed by atoms with E-state index in [1.54, 1.807) is 36.2 Å². The van der Waals surface area contributed by atoms with Crippen molar-refractivity contribution >= 4 is 11.9 Å². The molecular weight excluding hydrogens is 366 g/mol. The zero-order valence-corrected chi connectivity index (χ0v) is 16.5. The van der Waals surface area contributed by atoms with Crippen LogP contribution in [0.5, 0.6) is 0 Å². The smallest absolute Gasteiger partial charge is 0.335 e. The van der Waals surface area contributed by atoms with Crippen molar-refractivity contribution in [3.8, 4) is 11.3 Å². The summed E-state index contributed by atoms with van der Waals surface area (Å²) in [6, 6.07) is 18.9. The summed E-state index contributed by atoms with van der Waals surface area (Å²) in [6.07, 6.45) is 2.35. The second-order valence-corrected chi connectivity index (χ2v) is 7.03. The summed E-state index contributed by atoms with van der Waals surface area (Å²) in [5.41, 5.74) is 3.98. The molecule has 0 aliphatic rings. The van der Waals surface area contributed by atoms with E-state index in [-0.39, 0.29) is 11.5 Å². The standard InChI is InChI=1S/C23H25N3O3/c1-26(22(27)14-13-17-8-5-6-12-20(17)23(28)29)15-7-11-19-16-21(25-24-19)18-9-3-2-4-10-18/h2-6,8-10,12,16H,7,11,13-15H2,1H3,(H,24,25)(H,28,29). The van der Waals surface area contributed by atoms with Crippen LogP contribution in [0.3, 0.4) is 0 Å². The number of carboxylic acids is 1. The first-order chi connectivity index (χ1) is 14.0. The fourth-order valence-electron chi connectivity index (χ4n) is 3.26. The lowest BCUT2D eigenvalue weighted by Gasteiger charge is -2.17. The molecule has 2 N–H and O–H groups in total. The molecule has 150 valence electrons. The molecule has 3 aromatic rings. The molecule has 2 aromatic carbocycles. The summed E-state index contributed by atoms with van der Waals surface area (Å²) in [4.78, 5) is 25.4. The van der Waals surface area contributed by atoms with Crippen LogP contribution in [0, 0.1) is 0 Å². The Kier molecular flexibility index (Phi) is 6.79. The van der Waals surface area contributed by atoms with Crippen LogP contribution in [0.4, 0.5) is 0 Å². The molecule has 0 spiro atoms. The molecule has 0 saturated carbocycles. The van der Waals surface area contributed by atoms with E-state index in [4.69, 9.17) is 0 Å². The highest BCUT2D eigenvalue weighted by atomic mass is 16.4. The number of carbonyl (C=O) groups excluding carboxylic acids is 1. The number of benzene rings is 2. The van der Waals surface area contributed by atoms with Gasteiger partial charge in [0.15, 0.2) is 0 Å². The van der Waals surface area contributed by atoms with E-state index in [0.29, 0.717) is 24.9 Å².